The molecule has 13 nitrogen and oxygen atoms in total. The molecule has 0 radical (unpaired) electrons. The Labute approximate surface area is 305 Å². The van der Waals surface area contributed by atoms with Crippen LogP contribution in [0.5, 0.6) is 5.75 Å². The lowest BCUT2D eigenvalue weighted by molar-refractivity contribution is -0.114. The Kier molecular flexibility index (Phi) is 14.0. The molecule has 0 saturated carbocycles. The first-order chi connectivity index (χ1) is 23.5. The fourth-order valence-electron chi connectivity index (χ4n) is 5.03. The van der Waals surface area contributed by atoms with Gasteiger partial charge in [0.1, 0.15) is 29.9 Å². The highest BCUT2D eigenvalue weighted by atomic mass is 31.2. The molecule has 0 unspecified atom stereocenters. The highest BCUT2D eigenvalue weighted by molar-refractivity contribution is 7.54. The summed E-state index contributed by atoms with van der Waals surface area (Å²) in [4.78, 5) is 34.5. The number of carbonyl (C=O) groups is 1. The lowest BCUT2D eigenvalue weighted by Gasteiger charge is -2.44. The molecular formula is C35H59N4O9PSi2. The number of aromatic nitrogens is 2. The summed E-state index contributed by atoms with van der Waals surface area (Å²) in [6.45, 7) is 26.2. The lowest BCUT2D eigenvalue weighted by Crippen LogP contribution is -2.55. The van der Waals surface area contributed by atoms with Crippen molar-refractivity contribution in [2.24, 2.45) is 4.99 Å². The molecule has 1 fully saturated rings. The molecule has 3 rings (SSSR count). The van der Waals surface area contributed by atoms with Crippen LogP contribution in [0.25, 0.3) is 0 Å². The summed E-state index contributed by atoms with van der Waals surface area (Å²) in [5.74, 6) is -0.795. The molecule has 0 bridgehead atoms. The summed E-state index contributed by atoms with van der Waals surface area (Å²) in [5, 5.41) is 2.10. The summed E-state index contributed by atoms with van der Waals surface area (Å²) in [6, 6.07) is 8.80. The van der Waals surface area contributed by atoms with E-state index in [2.05, 4.69) is 78.0 Å². The number of rotatable bonds is 15. The minimum absolute atomic E-state index is 0.0909. The topological polar surface area (TPSA) is 149 Å². The molecule has 0 aliphatic carbocycles. The van der Waals surface area contributed by atoms with E-state index in [4.69, 9.17) is 32.4 Å². The molecule has 1 aromatic carbocycles. The van der Waals surface area contributed by atoms with Crippen molar-refractivity contribution >= 4 is 42.2 Å². The third-order valence-electron chi connectivity index (χ3n) is 9.84. The average Bonchev–Trinajstić information content (AvgIpc) is 3.32. The van der Waals surface area contributed by atoms with Crippen LogP contribution in [0.15, 0.2) is 46.3 Å². The maximum absolute atomic E-state index is 14.9. The normalized spacial score (nSPS) is 21.2. The van der Waals surface area contributed by atoms with Crippen molar-refractivity contribution in [3.8, 4) is 5.75 Å². The number of anilines is 1. The van der Waals surface area contributed by atoms with Gasteiger partial charge in [-0.25, -0.2) is 4.79 Å². The van der Waals surface area contributed by atoms with Gasteiger partial charge in [0.15, 0.2) is 28.6 Å². The largest absolute Gasteiger partial charge is 0.497 e. The van der Waals surface area contributed by atoms with Crippen molar-refractivity contribution in [3.63, 3.8) is 0 Å². The third-order valence-corrected chi connectivity index (χ3v) is 21.1. The molecule has 16 heteroatoms. The SMILES string of the molecule is CCOP(=O)(OCC)[C@H](/N=C/c1ccc(OC)cc1)[C@H]1O[C@@H](n2ccc(NC(C)=O)nc2=O)[C@@H](O[Si](C)(C)C(C)(C)C)[C@@H]1O[Si](C)(C)C(C)(C)C. The van der Waals surface area contributed by atoms with Crippen molar-refractivity contribution in [1.29, 1.82) is 0 Å². The van der Waals surface area contributed by atoms with E-state index in [1.807, 2.05) is 12.1 Å². The number of benzene rings is 1. The van der Waals surface area contributed by atoms with Gasteiger partial charge in [0.05, 0.1) is 20.3 Å². The number of nitrogens with zero attached hydrogens (tertiary/aromatic N) is 3. The van der Waals surface area contributed by atoms with Crippen LogP contribution in [-0.2, 0) is 32.0 Å². The van der Waals surface area contributed by atoms with Gasteiger partial charge in [0.25, 0.3) is 0 Å². The molecule has 0 spiro atoms. The Morgan fingerprint density at radius 1 is 0.980 bits per heavy atom. The predicted octanol–water partition coefficient (Wildman–Crippen LogP) is 7.60. The summed E-state index contributed by atoms with van der Waals surface area (Å²) in [7, 11) is -7.67. The molecule has 2 aromatic rings. The van der Waals surface area contributed by atoms with Gasteiger partial charge < -0.3 is 32.7 Å². The summed E-state index contributed by atoms with van der Waals surface area (Å²) >= 11 is 0. The number of carbonyl (C=O) groups excluding carboxylic acids is 1. The van der Waals surface area contributed by atoms with Gasteiger partial charge in [0, 0.05) is 19.3 Å². The van der Waals surface area contributed by atoms with Crippen LogP contribution in [0.1, 0.15) is 74.1 Å². The van der Waals surface area contributed by atoms with Gasteiger partial charge in [-0.1, -0.05) is 41.5 Å². The van der Waals surface area contributed by atoms with Crippen LogP contribution in [0.3, 0.4) is 0 Å². The van der Waals surface area contributed by atoms with E-state index in [0.717, 1.165) is 5.56 Å². The van der Waals surface area contributed by atoms with Gasteiger partial charge in [-0.05, 0) is 86.0 Å². The second-order valence-corrected chi connectivity index (χ2v) is 27.3. The van der Waals surface area contributed by atoms with Crippen molar-refractivity contribution in [3.05, 3.63) is 52.6 Å². The quantitative estimate of drug-likeness (QED) is 0.109. The number of methoxy groups -OCH3 is 1. The molecule has 1 aromatic heterocycles. The Hall–Kier alpha value is -2.50. The van der Waals surface area contributed by atoms with Gasteiger partial charge in [-0.2, -0.15) is 4.98 Å². The first kappa shape index (κ1) is 42.9. The van der Waals surface area contributed by atoms with E-state index < -0.39 is 60.2 Å². The second-order valence-electron chi connectivity index (χ2n) is 15.7. The average molecular weight is 767 g/mol. The van der Waals surface area contributed by atoms with Gasteiger partial charge in [0.2, 0.25) is 5.91 Å². The van der Waals surface area contributed by atoms with Crippen LogP contribution >= 0.6 is 7.60 Å². The fourth-order valence-corrected chi connectivity index (χ4v) is 9.54. The Bertz CT molecular complexity index is 1610. The molecule has 1 amide bonds. The molecule has 51 heavy (non-hydrogen) atoms. The van der Waals surface area contributed by atoms with Gasteiger partial charge in [-0.15, -0.1) is 0 Å². The smallest absolute Gasteiger partial charge is 0.357 e. The van der Waals surface area contributed by atoms with Crippen molar-refractivity contribution in [2.75, 3.05) is 25.6 Å². The molecule has 1 aliphatic heterocycles. The van der Waals surface area contributed by atoms with Gasteiger partial charge in [-0.3, -0.25) is 18.9 Å². The number of hydrogen-bond donors (Lipinski definition) is 1. The van der Waals surface area contributed by atoms with E-state index in [1.54, 1.807) is 39.3 Å². The number of amides is 1. The standard InChI is InChI=1S/C35H59N4O9PSi2/c1-15-44-49(42,45-16-2)31(36-23-25-17-19-26(43-10)20-18-25)29-28(47-50(11,12)34(4,5)6)30(48-51(13,14)35(7,8)9)32(46-29)39-22-21-27(37-24(3)40)38-33(39)41/h17-23,28-32H,15-16H2,1-14H3,(H,37,38,40,41)/b36-23+/t28-,29+,30+,31+,32-/m1/s1. The van der Waals surface area contributed by atoms with Crippen molar-refractivity contribution < 1.29 is 36.7 Å². The monoisotopic (exact) mass is 766 g/mol. The maximum Gasteiger partial charge on any atom is 0.357 e. The first-order valence-corrected chi connectivity index (χ1v) is 24.9. The molecular weight excluding hydrogens is 708 g/mol. The van der Waals surface area contributed by atoms with E-state index in [9.17, 15) is 14.2 Å². The highest BCUT2D eigenvalue weighted by Crippen LogP contribution is 2.58. The minimum atomic E-state index is -4.05. The molecule has 286 valence electrons. The maximum atomic E-state index is 14.9. The van der Waals surface area contributed by atoms with Crippen LogP contribution in [0, 0.1) is 0 Å². The van der Waals surface area contributed by atoms with Crippen LogP contribution in [-0.4, -0.2) is 82.7 Å². The summed E-state index contributed by atoms with van der Waals surface area (Å²) < 4.78 is 54.7. The molecule has 5 atom stereocenters. The zero-order valence-corrected chi connectivity index (χ0v) is 35.7. The van der Waals surface area contributed by atoms with Gasteiger partial charge >= 0.3 is 13.3 Å². The Balaban J connectivity index is 2.36. The fraction of sp³-hybridized carbons (Fsp3) is 0.657. The second kappa shape index (κ2) is 16.7. The van der Waals surface area contributed by atoms with Crippen molar-refractivity contribution in [2.45, 2.75) is 129 Å². The van der Waals surface area contributed by atoms with E-state index in [-0.39, 0.29) is 35.0 Å². The number of ether oxygens (including phenoxy) is 2. The number of aliphatic imine (C=N–C) groups is 1. The molecule has 1 saturated heterocycles. The number of hydrogen-bond acceptors (Lipinski definition) is 11. The lowest BCUT2D eigenvalue weighted by atomic mass is 10.1. The Morgan fingerprint density at radius 3 is 1.96 bits per heavy atom. The Morgan fingerprint density at radius 2 is 1.51 bits per heavy atom. The highest BCUT2D eigenvalue weighted by Gasteiger charge is 2.59. The molecule has 2 heterocycles. The zero-order chi connectivity index (χ0) is 38.6. The van der Waals surface area contributed by atoms with Crippen molar-refractivity contribution in [1.82, 2.24) is 9.55 Å². The summed E-state index contributed by atoms with van der Waals surface area (Å²) in [6.07, 6.45) is -0.723. The minimum Gasteiger partial charge on any atom is -0.497 e. The first-order valence-electron chi connectivity index (χ1n) is 17.4. The molecule has 1 N–H and O–H groups in total. The van der Waals surface area contributed by atoms with E-state index >= 15 is 0 Å². The van der Waals surface area contributed by atoms with Crippen LogP contribution in [0.2, 0.25) is 36.3 Å². The number of nitrogens with one attached hydrogen (secondary N) is 1. The van der Waals surface area contributed by atoms with Crippen LogP contribution < -0.4 is 15.7 Å². The zero-order valence-electron chi connectivity index (χ0n) is 32.8. The van der Waals surface area contributed by atoms with E-state index in [1.165, 1.54) is 23.8 Å². The third kappa shape index (κ3) is 10.3. The van der Waals surface area contributed by atoms with E-state index in [0.29, 0.717) is 5.75 Å². The predicted molar refractivity (Wildman–Crippen MR) is 206 cm³/mol. The van der Waals surface area contributed by atoms with Crippen LogP contribution in [0.4, 0.5) is 5.82 Å². The molecule has 1 aliphatic rings. The summed E-state index contributed by atoms with van der Waals surface area (Å²) in [5.41, 5.74) is 0.0534.